The Morgan fingerprint density at radius 2 is 1.77 bits per heavy atom. The number of hydrogen-bond donors (Lipinski definition) is 3. The third-order valence-electron chi connectivity index (χ3n) is 4.74. The van der Waals surface area contributed by atoms with Gasteiger partial charge in [-0.25, -0.2) is 18.6 Å². The molecule has 1 aromatic carbocycles. The highest BCUT2D eigenvalue weighted by Gasteiger charge is 2.26. The van der Waals surface area contributed by atoms with Crippen molar-refractivity contribution in [3.05, 3.63) is 29.8 Å². The number of sulfonamides is 1. The second-order valence-corrected chi connectivity index (χ2v) is 9.26. The summed E-state index contributed by atoms with van der Waals surface area (Å²) in [4.78, 5) is 12.1. The fourth-order valence-electron chi connectivity index (χ4n) is 2.94. The number of carbonyl (C=O) groups is 1. The summed E-state index contributed by atoms with van der Waals surface area (Å²) < 4.78 is 31.7. The van der Waals surface area contributed by atoms with Crippen molar-refractivity contribution in [3.63, 3.8) is 0 Å². The fourth-order valence-corrected chi connectivity index (χ4v) is 3.92. The van der Waals surface area contributed by atoms with E-state index in [1.165, 1.54) is 0 Å². The van der Waals surface area contributed by atoms with Crippen LogP contribution in [-0.4, -0.2) is 39.3 Å². The number of nitrogens with one attached hydrogen (secondary N) is 3. The zero-order valence-corrected chi connectivity index (χ0v) is 16.4. The molecule has 3 N–H and O–H groups in total. The molecule has 0 aliphatic heterocycles. The molecule has 2 rings (SSSR count). The van der Waals surface area contributed by atoms with Gasteiger partial charge >= 0.3 is 0 Å². The molecule has 1 saturated carbocycles. The number of benzene rings is 1. The molecular weight excluding hydrogens is 354 g/mol. The largest absolute Gasteiger partial charge is 0.497 e. The van der Waals surface area contributed by atoms with Gasteiger partial charge in [0.15, 0.2) is 0 Å². The lowest BCUT2D eigenvalue weighted by Crippen LogP contribution is -2.44. The molecule has 0 spiro atoms. The summed E-state index contributed by atoms with van der Waals surface area (Å²) >= 11 is 0. The minimum Gasteiger partial charge on any atom is -0.497 e. The Hall–Kier alpha value is -1.64. The Morgan fingerprint density at radius 1 is 1.15 bits per heavy atom. The van der Waals surface area contributed by atoms with Gasteiger partial charge in [0.2, 0.25) is 10.0 Å². The maximum absolute atomic E-state index is 12.1. The van der Waals surface area contributed by atoms with Crippen molar-refractivity contribution in [2.24, 2.45) is 5.92 Å². The number of amides is 1. The normalized spacial score (nSPS) is 20.8. The van der Waals surface area contributed by atoms with Crippen LogP contribution in [0.5, 0.6) is 5.75 Å². The van der Waals surface area contributed by atoms with E-state index in [0.29, 0.717) is 23.8 Å². The Kier molecular flexibility index (Phi) is 7.43. The zero-order valence-electron chi connectivity index (χ0n) is 15.6. The molecule has 146 valence electrons. The van der Waals surface area contributed by atoms with Crippen molar-refractivity contribution in [1.29, 1.82) is 0 Å². The van der Waals surface area contributed by atoms with Crippen molar-refractivity contribution in [2.45, 2.75) is 50.8 Å². The van der Waals surface area contributed by atoms with E-state index in [2.05, 4.69) is 15.6 Å². The second-order valence-electron chi connectivity index (χ2n) is 6.99. The van der Waals surface area contributed by atoms with Crippen LogP contribution in [0.4, 0.5) is 0 Å². The molecule has 0 unspecified atom stereocenters. The number of ether oxygens (including phenoxy) is 1. The van der Waals surface area contributed by atoms with Gasteiger partial charge in [-0.2, -0.15) is 0 Å². The van der Waals surface area contributed by atoms with Crippen molar-refractivity contribution in [2.75, 3.05) is 13.7 Å². The molecule has 0 bridgehead atoms. The van der Waals surface area contributed by atoms with Crippen molar-refractivity contribution in [3.8, 4) is 5.75 Å². The van der Waals surface area contributed by atoms with Gasteiger partial charge in [0, 0.05) is 18.2 Å². The van der Waals surface area contributed by atoms with E-state index in [1.54, 1.807) is 45.2 Å². The predicted molar refractivity (Wildman–Crippen MR) is 101 cm³/mol. The quantitative estimate of drug-likeness (QED) is 0.595. The molecule has 0 aromatic heterocycles. The van der Waals surface area contributed by atoms with Gasteiger partial charge < -0.3 is 4.74 Å². The Labute approximate surface area is 155 Å². The van der Waals surface area contributed by atoms with Crippen LogP contribution in [0.2, 0.25) is 0 Å². The van der Waals surface area contributed by atoms with E-state index in [-0.39, 0.29) is 11.9 Å². The van der Waals surface area contributed by atoms with Crippen LogP contribution in [-0.2, 0) is 10.0 Å². The standard InChI is InChI=1S/C18H29N3O4S/c1-13(2)26(23,24)21-16-8-4-14(5-9-16)12-19-20-18(22)15-6-10-17(25-3)11-7-15/h6-7,10-11,13-14,16,19,21H,4-5,8-9,12H2,1-3H3,(H,20,22). The molecule has 1 aliphatic carbocycles. The van der Waals surface area contributed by atoms with E-state index in [0.717, 1.165) is 25.7 Å². The van der Waals surface area contributed by atoms with Gasteiger partial charge in [0.25, 0.3) is 5.91 Å². The molecular formula is C18H29N3O4S. The Morgan fingerprint density at radius 3 is 2.31 bits per heavy atom. The lowest BCUT2D eigenvalue weighted by atomic mass is 9.86. The topological polar surface area (TPSA) is 96.5 Å². The van der Waals surface area contributed by atoms with Crippen molar-refractivity contribution >= 4 is 15.9 Å². The number of methoxy groups -OCH3 is 1. The number of carbonyl (C=O) groups excluding carboxylic acids is 1. The van der Waals surface area contributed by atoms with Gasteiger partial charge in [-0.05, 0) is 69.7 Å². The van der Waals surface area contributed by atoms with Gasteiger partial charge in [-0.15, -0.1) is 0 Å². The molecule has 26 heavy (non-hydrogen) atoms. The van der Waals surface area contributed by atoms with Gasteiger partial charge in [0.05, 0.1) is 12.4 Å². The summed E-state index contributed by atoms with van der Waals surface area (Å²) in [6, 6.07) is 6.93. The van der Waals surface area contributed by atoms with Crippen LogP contribution in [0, 0.1) is 5.92 Å². The summed E-state index contributed by atoms with van der Waals surface area (Å²) in [6.07, 6.45) is 3.50. The monoisotopic (exact) mass is 383 g/mol. The maximum Gasteiger partial charge on any atom is 0.265 e. The van der Waals surface area contributed by atoms with Crippen LogP contribution < -0.4 is 20.3 Å². The highest BCUT2D eigenvalue weighted by atomic mass is 32.2. The fraction of sp³-hybridized carbons (Fsp3) is 0.611. The molecule has 0 saturated heterocycles. The third kappa shape index (κ3) is 5.96. The summed E-state index contributed by atoms with van der Waals surface area (Å²) in [5, 5.41) is -0.407. The molecule has 1 aromatic rings. The van der Waals surface area contributed by atoms with E-state index in [4.69, 9.17) is 4.74 Å². The van der Waals surface area contributed by atoms with E-state index in [1.807, 2.05) is 0 Å². The van der Waals surface area contributed by atoms with Crippen molar-refractivity contribution < 1.29 is 17.9 Å². The first-order chi connectivity index (χ1) is 12.3. The number of hydrogen-bond acceptors (Lipinski definition) is 5. The molecule has 1 amide bonds. The minimum atomic E-state index is -3.21. The maximum atomic E-state index is 12.1. The molecule has 1 fully saturated rings. The predicted octanol–water partition coefficient (Wildman–Crippen LogP) is 1.82. The van der Waals surface area contributed by atoms with E-state index in [9.17, 15) is 13.2 Å². The molecule has 7 nitrogen and oxygen atoms in total. The lowest BCUT2D eigenvalue weighted by Gasteiger charge is -2.29. The summed E-state index contributed by atoms with van der Waals surface area (Å²) in [6.45, 7) is 4.04. The van der Waals surface area contributed by atoms with Crippen LogP contribution in [0.25, 0.3) is 0 Å². The molecule has 0 radical (unpaired) electrons. The van der Waals surface area contributed by atoms with Crippen molar-refractivity contribution in [1.82, 2.24) is 15.6 Å². The second kappa shape index (κ2) is 9.34. The molecule has 1 aliphatic rings. The molecule has 8 heteroatoms. The zero-order chi connectivity index (χ0) is 19.2. The minimum absolute atomic E-state index is 0.0209. The highest BCUT2D eigenvalue weighted by molar-refractivity contribution is 7.90. The molecule has 0 heterocycles. The van der Waals surface area contributed by atoms with Gasteiger partial charge in [0.1, 0.15) is 5.75 Å². The first-order valence-electron chi connectivity index (χ1n) is 9.00. The third-order valence-corrected chi connectivity index (χ3v) is 6.65. The van der Waals surface area contributed by atoms with E-state index < -0.39 is 15.3 Å². The van der Waals surface area contributed by atoms with Crippen LogP contribution in [0.15, 0.2) is 24.3 Å². The lowest BCUT2D eigenvalue weighted by molar-refractivity contribution is 0.0928. The average Bonchev–Trinajstić information content (AvgIpc) is 2.62. The Bertz CT molecular complexity index is 681. The van der Waals surface area contributed by atoms with Gasteiger partial charge in [-0.1, -0.05) is 0 Å². The molecule has 0 atom stereocenters. The average molecular weight is 384 g/mol. The Balaban J connectivity index is 1.69. The van der Waals surface area contributed by atoms with Gasteiger partial charge in [-0.3, -0.25) is 10.2 Å². The van der Waals surface area contributed by atoms with E-state index >= 15 is 0 Å². The SMILES string of the molecule is COc1ccc(C(=O)NNCC2CCC(NS(=O)(=O)C(C)C)CC2)cc1. The summed E-state index contributed by atoms with van der Waals surface area (Å²) in [5.74, 6) is 0.941. The van der Waals surface area contributed by atoms with Crippen LogP contribution >= 0.6 is 0 Å². The van der Waals surface area contributed by atoms with Crippen LogP contribution in [0.3, 0.4) is 0 Å². The number of hydrazine groups is 1. The smallest absolute Gasteiger partial charge is 0.265 e. The first-order valence-corrected chi connectivity index (χ1v) is 10.5. The first kappa shape index (κ1) is 20.7. The summed E-state index contributed by atoms with van der Waals surface area (Å²) in [5.41, 5.74) is 6.26. The number of rotatable bonds is 8. The summed E-state index contributed by atoms with van der Waals surface area (Å²) in [7, 11) is -1.63. The van der Waals surface area contributed by atoms with Crippen LogP contribution in [0.1, 0.15) is 49.9 Å². The highest BCUT2D eigenvalue weighted by Crippen LogP contribution is 2.24.